The van der Waals surface area contributed by atoms with Crippen LogP contribution in [0.15, 0.2) is 78.9 Å². The second kappa shape index (κ2) is 11.9. The topological polar surface area (TPSA) is 58.6 Å². The molecule has 0 radical (unpaired) electrons. The predicted octanol–water partition coefficient (Wildman–Crippen LogP) is 4.32. The van der Waals surface area contributed by atoms with E-state index in [9.17, 15) is 9.59 Å². The maximum Gasteiger partial charge on any atom is 0.261 e. The van der Waals surface area contributed by atoms with E-state index < -0.39 is 6.04 Å². The Morgan fingerprint density at radius 2 is 1.61 bits per heavy atom. The van der Waals surface area contributed by atoms with Crippen LogP contribution in [0.5, 0.6) is 5.75 Å². The Labute approximate surface area is 196 Å². The molecule has 5 nitrogen and oxygen atoms in total. The number of carbonyl (C=O) groups excluding carboxylic acids is 2. The summed E-state index contributed by atoms with van der Waals surface area (Å²) in [5.74, 6) is 0.198. The van der Waals surface area contributed by atoms with Gasteiger partial charge in [0.15, 0.2) is 6.61 Å². The van der Waals surface area contributed by atoms with Crippen molar-refractivity contribution in [2.24, 2.45) is 0 Å². The van der Waals surface area contributed by atoms with Crippen LogP contribution < -0.4 is 10.1 Å². The summed E-state index contributed by atoms with van der Waals surface area (Å²) in [6, 6.07) is 24.8. The third kappa shape index (κ3) is 6.94. The average Bonchev–Trinajstić information content (AvgIpc) is 2.85. The summed E-state index contributed by atoms with van der Waals surface area (Å²) < 4.78 is 5.80. The molecule has 0 aliphatic heterocycles. The van der Waals surface area contributed by atoms with Crippen LogP contribution in [0.3, 0.4) is 0 Å². The van der Waals surface area contributed by atoms with Crippen molar-refractivity contribution in [1.82, 2.24) is 10.2 Å². The van der Waals surface area contributed by atoms with Gasteiger partial charge in [0.05, 0.1) is 0 Å². The van der Waals surface area contributed by atoms with Crippen LogP contribution in [-0.2, 0) is 29.0 Å². The molecule has 1 atom stereocenters. The zero-order chi connectivity index (χ0) is 23.6. The Bertz CT molecular complexity index is 1050. The first kappa shape index (κ1) is 24.1. The quantitative estimate of drug-likeness (QED) is 0.507. The number of amides is 2. The molecule has 3 rings (SSSR count). The van der Waals surface area contributed by atoms with Gasteiger partial charge in [0.25, 0.3) is 5.91 Å². The van der Waals surface area contributed by atoms with Gasteiger partial charge in [0, 0.05) is 20.0 Å². The molecule has 172 valence electrons. The zero-order valence-corrected chi connectivity index (χ0v) is 19.6. The normalized spacial score (nSPS) is 11.5. The molecule has 2 amide bonds. The van der Waals surface area contributed by atoms with E-state index in [0.29, 0.717) is 18.7 Å². The van der Waals surface area contributed by atoms with E-state index >= 15 is 0 Å². The molecular formula is C28H32N2O3. The fourth-order valence-electron chi connectivity index (χ4n) is 3.78. The fourth-order valence-corrected chi connectivity index (χ4v) is 3.78. The Morgan fingerprint density at radius 3 is 2.24 bits per heavy atom. The number of hydrogen-bond acceptors (Lipinski definition) is 3. The lowest BCUT2D eigenvalue weighted by atomic mass is 10.0. The van der Waals surface area contributed by atoms with Crippen LogP contribution in [0.1, 0.15) is 29.2 Å². The lowest BCUT2D eigenvalue weighted by Crippen LogP contribution is -2.51. The number of hydrogen-bond donors (Lipinski definition) is 1. The minimum Gasteiger partial charge on any atom is -0.484 e. The van der Waals surface area contributed by atoms with E-state index in [1.165, 1.54) is 5.56 Å². The van der Waals surface area contributed by atoms with Crippen molar-refractivity contribution in [2.45, 2.75) is 39.3 Å². The number of benzene rings is 3. The van der Waals surface area contributed by atoms with Crippen molar-refractivity contribution in [1.29, 1.82) is 0 Å². The molecule has 3 aromatic carbocycles. The van der Waals surface area contributed by atoms with Crippen molar-refractivity contribution in [3.05, 3.63) is 101 Å². The van der Waals surface area contributed by atoms with Crippen LogP contribution in [0.25, 0.3) is 0 Å². The van der Waals surface area contributed by atoms with Crippen LogP contribution >= 0.6 is 0 Å². The van der Waals surface area contributed by atoms with Crippen molar-refractivity contribution in [2.75, 3.05) is 13.7 Å². The molecule has 0 fully saturated rings. The highest BCUT2D eigenvalue weighted by atomic mass is 16.5. The van der Waals surface area contributed by atoms with E-state index in [0.717, 1.165) is 23.1 Å². The van der Waals surface area contributed by atoms with Gasteiger partial charge in [0.1, 0.15) is 11.8 Å². The standard InChI is InChI=1S/C28H32N2O3/c1-4-22-13-15-25(16-14-22)33-20-27(31)30(19-24-12-8-9-21(2)17-24)26(28(32)29-3)18-23-10-6-5-7-11-23/h5-17,26H,4,18-20H2,1-3H3,(H,29,32). The highest BCUT2D eigenvalue weighted by molar-refractivity contribution is 5.88. The lowest BCUT2D eigenvalue weighted by Gasteiger charge is -2.31. The third-order valence-corrected chi connectivity index (χ3v) is 5.65. The maximum absolute atomic E-state index is 13.4. The summed E-state index contributed by atoms with van der Waals surface area (Å²) in [4.78, 5) is 27.9. The molecule has 1 N–H and O–H groups in total. The summed E-state index contributed by atoms with van der Waals surface area (Å²) >= 11 is 0. The van der Waals surface area contributed by atoms with Gasteiger partial charge in [-0.15, -0.1) is 0 Å². The van der Waals surface area contributed by atoms with E-state index in [1.807, 2.05) is 85.8 Å². The Hall–Kier alpha value is -3.60. The summed E-state index contributed by atoms with van der Waals surface area (Å²) in [6.45, 7) is 4.29. The van der Waals surface area contributed by atoms with Crippen LogP contribution in [0.2, 0.25) is 0 Å². The van der Waals surface area contributed by atoms with E-state index in [4.69, 9.17) is 4.74 Å². The fraction of sp³-hybridized carbons (Fsp3) is 0.286. The van der Waals surface area contributed by atoms with Crippen LogP contribution in [0.4, 0.5) is 0 Å². The van der Waals surface area contributed by atoms with Crippen molar-refractivity contribution >= 4 is 11.8 Å². The predicted molar refractivity (Wildman–Crippen MR) is 131 cm³/mol. The third-order valence-electron chi connectivity index (χ3n) is 5.65. The second-order valence-corrected chi connectivity index (χ2v) is 8.12. The molecule has 0 aliphatic carbocycles. The minimum absolute atomic E-state index is 0.139. The number of aryl methyl sites for hydroxylation is 2. The first-order valence-corrected chi connectivity index (χ1v) is 11.3. The number of nitrogens with zero attached hydrogens (tertiary/aromatic N) is 1. The number of carbonyl (C=O) groups is 2. The van der Waals surface area contributed by atoms with E-state index in [1.54, 1.807) is 11.9 Å². The van der Waals surface area contributed by atoms with Gasteiger partial charge in [-0.25, -0.2) is 0 Å². The van der Waals surface area contributed by atoms with Crippen molar-refractivity contribution < 1.29 is 14.3 Å². The molecule has 1 unspecified atom stereocenters. The van der Waals surface area contributed by atoms with Gasteiger partial charge in [-0.1, -0.05) is 79.2 Å². The van der Waals surface area contributed by atoms with Gasteiger partial charge < -0.3 is 15.0 Å². The highest BCUT2D eigenvalue weighted by Crippen LogP contribution is 2.17. The molecule has 0 saturated heterocycles. The Morgan fingerprint density at radius 1 is 0.909 bits per heavy atom. The van der Waals surface area contributed by atoms with Crippen LogP contribution in [0, 0.1) is 6.92 Å². The van der Waals surface area contributed by atoms with Gasteiger partial charge in [-0.2, -0.15) is 0 Å². The molecule has 0 saturated carbocycles. The SMILES string of the molecule is CCc1ccc(OCC(=O)N(Cc2cccc(C)c2)C(Cc2ccccc2)C(=O)NC)cc1. The summed E-state index contributed by atoms with van der Waals surface area (Å²) in [5.41, 5.74) is 4.27. The number of likely N-dealkylation sites (N-methyl/N-ethyl adjacent to an activating group) is 1. The highest BCUT2D eigenvalue weighted by Gasteiger charge is 2.30. The van der Waals surface area contributed by atoms with Gasteiger partial charge >= 0.3 is 0 Å². The molecule has 0 heterocycles. The zero-order valence-electron chi connectivity index (χ0n) is 19.6. The molecule has 0 bridgehead atoms. The van der Waals surface area contributed by atoms with Gasteiger partial charge in [-0.3, -0.25) is 9.59 Å². The minimum atomic E-state index is -0.656. The number of rotatable bonds is 10. The summed E-state index contributed by atoms with van der Waals surface area (Å²) in [7, 11) is 1.60. The average molecular weight is 445 g/mol. The molecule has 3 aromatic rings. The van der Waals surface area contributed by atoms with Crippen molar-refractivity contribution in [3.63, 3.8) is 0 Å². The Balaban J connectivity index is 1.85. The maximum atomic E-state index is 13.4. The number of nitrogens with one attached hydrogen (secondary N) is 1. The summed E-state index contributed by atoms with van der Waals surface area (Å²) in [6.07, 6.45) is 1.36. The lowest BCUT2D eigenvalue weighted by molar-refractivity contribution is -0.142. The molecule has 0 spiro atoms. The Kier molecular flexibility index (Phi) is 8.64. The van der Waals surface area contributed by atoms with Crippen molar-refractivity contribution in [3.8, 4) is 5.75 Å². The smallest absolute Gasteiger partial charge is 0.261 e. The van der Waals surface area contributed by atoms with Gasteiger partial charge in [0.2, 0.25) is 5.91 Å². The molecular weight excluding hydrogens is 412 g/mol. The molecule has 0 aromatic heterocycles. The molecule has 33 heavy (non-hydrogen) atoms. The van der Waals surface area contributed by atoms with E-state index in [-0.39, 0.29) is 18.4 Å². The summed E-state index contributed by atoms with van der Waals surface area (Å²) in [5, 5.41) is 2.73. The second-order valence-electron chi connectivity index (χ2n) is 8.12. The first-order chi connectivity index (χ1) is 16.0. The van der Waals surface area contributed by atoms with E-state index in [2.05, 4.69) is 12.2 Å². The monoisotopic (exact) mass is 444 g/mol. The molecule has 0 aliphatic rings. The largest absolute Gasteiger partial charge is 0.484 e. The molecule has 5 heteroatoms. The first-order valence-electron chi connectivity index (χ1n) is 11.3. The van der Waals surface area contributed by atoms with Gasteiger partial charge in [-0.05, 0) is 42.2 Å². The number of ether oxygens (including phenoxy) is 1. The van der Waals surface area contributed by atoms with Crippen LogP contribution in [-0.4, -0.2) is 36.4 Å².